The summed E-state index contributed by atoms with van der Waals surface area (Å²) < 4.78 is 35.1. The van der Waals surface area contributed by atoms with Crippen LogP contribution in [0.15, 0.2) is 54.6 Å². The van der Waals surface area contributed by atoms with Crippen LogP contribution in [0, 0.1) is 0 Å². The Labute approximate surface area is 160 Å². The SMILES string of the molecule is CC(C)(C)OC(=O)N1C(Cc2ccc(-c3ccccc3)cc2)COS1(=O)=O. The lowest BCUT2D eigenvalue weighted by Gasteiger charge is -2.26. The van der Waals surface area contributed by atoms with Crippen LogP contribution >= 0.6 is 0 Å². The average Bonchev–Trinajstić information content (AvgIpc) is 2.89. The van der Waals surface area contributed by atoms with Crippen LogP contribution in [-0.4, -0.2) is 37.1 Å². The minimum atomic E-state index is -4.12. The van der Waals surface area contributed by atoms with Crippen molar-refractivity contribution in [3.63, 3.8) is 0 Å². The van der Waals surface area contributed by atoms with E-state index in [9.17, 15) is 13.2 Å². The molecule has 1 aliphatic heterocycles. The molecule has 0 radical (unpaired) electrons. The minimum Gasteiger partial charge on any atom is -0.443 e. The van der Waals surface area contributed by atoms with Gasteiger partial charge in [-0.05, 0) is 43.9 Å². The summed E-state index contributed by atoms with van der Waals surface area (Å²) in [6, 6.07) is 17.1. The average molecular weight is 389 g/mol. The molecule has 0 N–H and O–H groups in total. The highest BCUT2D eigenvalue weighted by Gasteiger charge is 2.44. The first kappa shape index (κ1) is 19.4. The predicted molar refractivity (Wildman–Crippen MR) is 102 cm³/mol. The first-order chi connectivity index (χ1) is 12.7. The van der Waals surface area contributed by atoms with E-state index in [1.807, 2.05) is 54.6 Å². The van der Waals surface area contributed by atoms with Crippen molar-refractivity contribution in [1.82, 2.24) is 4.31 Å². The third kappa shape index (κ3) is 4.67. The van der Waals surface area contributed by atoms with Crippen LogP contribution in [-0.2, 0) is 25.6 Å². The highest BCUT2D eigenvalue weighted by molar-refractivity contribution is 7.85. The van der Waals surface area contributed by atoms with Gasteiger partial charge in [-0.25, -0.2) is 4.79 Å². The van der Waals surface area contributed by atoms with Crippen LogP contribution in [0.5, 0.6) is 0 Å². The summed E-state index contributed by atoms with van der Waals surface area (Å²) in [4.78, 5) is 12.4. The van der Waals surface area contributed by atoms with Gasteiger partial charge in [-0.15, -0.1) is 0 Å². The second-order valence-corrected chi connectivity index (χ2v) is 8.92. The summed E-state index contributed by atoms with van der Waals surface area (Å²) in [5, 5.41) is 0. The Bertz CT molecular complexity index is 902. The Morgan fingerprint density at radius 2 is 1.67 bits per heavy atom. The van der Waals surface area contributed by atoms with Crippen molar-refractivity contribution >= 4 is 16.4 Å². The molecule has 1 aliphatic rings. The van der Waals surface area contributed by atoms with Gasteiger partial charge < -0.3 is 4.74 Å². The molecule has 0 saturated carbocycles. The Balaban J connectivity index is 1.76. The molecule has 0 spiro atoms. The molecule has 6 nitrogen and oxygen atoms in total. The van der Waals surface area contributed by atoms with E-state index >= 15 is 0 Å². The standard InChI is InChI=1S/C20H23NO5S/c1-20(2,3)26-19(22)21-18(14-25-27(21,23)24)13-15-9-11-17(12-10-15)16-7-5-4-6-8-16/h4-12,18H,13-14H2,1-3H3. The predicted octanol–water partition coefficient (Wildman–Crippen LogP) is 3.78. The number of carbonyl (C=O) groups excluding carboxylic acids is 1. The summed E-state index contributed by atoms with van der Waals surface area (Å²) in [5.74, 6) is 0. The molecule has 1 amide bonds. The summed E-state index contributed by atoms with van der Waals surface area (Å²) in [7, 11) is -4.12. The molecule has 0 aromatic heterocycles. The largest absolute Gasteiger partial charge is 0.443 e. The number of benzene rings is 2. The van der Waals surface area contributed by atoms with Crippen molar-refractivity contribution in [3.8, 4) is 11.1 Å². The smallest absolute Gasteiger partial charge is 0.426 e. The van der Waals surface area contributed by atoms with Crippen LogP contribution in [0.2, 0.25) is 0 Å². The molecule has 1 heterocycles. The second kappa shape index (κ2) is 7.32. The number of rotatable bonds is 3. The fourth-order valence-electron chi connectivity index (χ4n) is 2.90. The molecule has 1 unspecified atom stereocenters. The molecular formula is C20H23NO5S. The van der Waals surface area contributed by atoms with Crippen molar-refractivity contribution in [2.75, 3.05) is 6.61 Å². The highest BCUT2D eigenvalue weighted by Crippen LogP contribution is 2.26. The Morgan fingerprint density at radius 1 is 1.07 bits per heavy atom. The molecule has 144 valence electrons. The van der Waals surface area contributed by atoms with Crippen molar-refractivity contribution in [2.24, 2.45) is 0 Å². The van der Waals surface area contributed by atoms with Gasteiger partial charge in [0.2, 0.25) is 0 Å². The fraction of sp³-hybridized carbons (Fsp3) is 0.350. The van der Waals surface area contributed by atoms with Crippen LogP contribution in [0.4, 0.5) is 4.79 Å². The Hall–Kier alpha value is -2.38. The number of amides is 1. The molecule has 0 bridgehead atoms. The van der Waals surface area contributed by atoms with Crippen molar-refractivity contribution in [3.05, 3.63) is 60.2 Å². The van der Waals surface area contributed by atoms with Crippen LogP contribution in [0.25, 0.3) is 11.1 Å². The van der Waals surface area contributed by atoms with Crippen molar-refractivity contribution in [1.29, 1.82) is 0 Å². The van der Waals surface area contributed by atoms with Gasteiger partial charge in [0.05, 0.1) is 12.6 Å². The van der Waals surface area contributed by atoms with Gasteiger partial charge in [-0.2, -0.15) is 12.7 Å². The molecule has 7 heteroatoms. The van der Waals surface area contributed by atoms with Gasteiger partial charge >= 0.3 is 16.4 Å². The number of nitrogens with zero attached hydrogens (tertiary/aromatic N) is 1. The van der Waals surface area contributed by atoms with E-state index in [1.54, 1.807) is 20.8 Å². The van der Waals surface area contributed by atoms with Gasteiger partial charge in [0, 0.05) is 0 Å². The summed E-state index contributed by atoms with van der Waals surface area (Å²) in [6.45, 7) is 4.98. The number of ether oxygens (including phenoxy) is 1. The van der Waals surface area contributed by atoms with Crippen LogP contribution in [0.1, 0.15) is 26.3 Å². The number of hydrogen-bond donors (Lipinski definition) is 0. The van der Waals surface area contributed by atoms with E-state index in [0.717, 1.165) is 16.7 Å². The molecule has 2 aromatic carbocycles. The first-order valence-electron chi connectivity index (χ1n) is 8.72. The van der Waals surface area contributed by atoms with Gasteiger partial charge in [0.15, 0.2) is 0 Å². The molecular weight excluding hydrogens is 366 g/mol. The molecule has 3 rings (SSSR count). The molecule has 1 saturated heterocycles. The maximum Gasteiger partial charge on any atom is 0.426 e. The van der Waals surface area contributed by atoms with Gasteiger partial charge in [0.1, 0.15) is 5.60 Å². The minimum absolute atomic E-state index is 0.0813. The normalized spacial score (nSPS) is 19.1. The number of carbonyl (C=O) groups is 1. The third-order valence-corrected chi connectivity index (χ3v) is 5.45. The molecule has 1 atom stereocenters. The van der Waals surface area contributed by atoms with Crippen LogP contribution < -0.4 is 0 Å². The zero-order chi connectivity index (χ0) is 19.7. The van der Waals surface area contributed by atoms with E-state index in [4.69, 9.17) is 8.92 Å². The van der Waals surface area contributed by atoms with Crippen LogP contribution in [0.3, 0.4) is 0 Å². The fourth-order valence-corrected chi connectivity index (χ4v) is 4.06. The topological polar surface area (TPSA) is 72.9 Å². The van der Waals surface area contributed by atoms with E-state index in [2.05, 4.69) is 0 Å². The maximum atomic E-state index is 12.4. The van der Waals surface area contributed by atoms with Crippen molar-refractivity contribution in [2.45, 2.75) is 38.8 Å². The first-order valence-corrected chi connectivity index (χ1v) is 10.1. The lowest BCUT2D eigenvalue weighted by molar-refractivity contribution is 0.0357. The summed E-state index contributed by atoms with van der Waals surface area (Å²) >= 11 is 0. The summed E-state index contributed by atoms with van der Waals surface area (Å²) in [5.41, 5.74) is 2.29. The molecule has 2 aromatic rings. The Morgan fingerprint density at radius 3 is 2.26 bits per heavy atom. The zero-order valence-corrected chi connectivity index (χ0v) is 16.4. The van der Waals surface area contributed by atoms with Gasteiger partial charge in [0.25, 0.3) is 0 Å². The zero-order valence-electron chi connectivity index (χ0n) is 15.6. The van der Waals surface area contributed by atoms with E-state index < -0.39 is 28.0 Å². The lowest BCUT2D eigenvalue weighted by atomic mass is 10.0. The Kier molecular flexibility index (Phi) is 5.26. The number of hydrogen-bond acceptors (Lipinski definition) is 5. The third-order valence-electron chi connectivity index (χ3n) is 4.09. The van der Waals surface area contributed by atoms with Gasteiger partial charge in [-0.3, -0.25) is 4.18 Å². The molecule has 0 aliphatic carbocycles. The van der Waals surface area contributed by atoms with E-state index in [1.165, 1.54) is 0 Å². The monoisotopic (exact) mass is 389 g/mol. The maximum absolute atomic E-state index is 12.4. The highest BCUT2D eigenvalue weighted by atomic mass is 32.2. The molecule has 1 fully saturated rings. The van der Waals surface area contributed by atoms with Gasteiger partial charge in [-0.1, -0.05) is 54.6 Å². The van der Waals surface area contributed by atoms with E-state index in [0.29, 0.717) is 10.7 Å². The quantitative estimate of drug-likeness (QED) is 0.799. The lowest BCUT2D eigenvalue weighted by Crippen LogP contribution is -2.43. The second-order valence-electron chi connectivity index (χ2n) is 7.44. The van der Waals surface area contributed by atoms with E-state index in [-0.39, 0.29) is 6.61 Å². The molecule has 27 heavy (non-hydrogen) atoms. The summed E-state index contributed by atoms with van der Waals surface area (Å²) in [6.07, 6.45) is -0.556. The van der Waals surface area contributed by atoms with Crippen molar-refractivity contribution < 1.29 is 22.1 Å².